The van der Waals surface area contributed by atoms with E-state index in [0.717, 1.165) is 37.6 Å². The summed E-state index contributed by atoms with van der Waals surface area (Å²) in [5.41, 5.74) is 2.33. The molecule has 0 amide bonds. The molecule has 0 bridgehead atoms. The van der Waals surface area contributed by atoms with Gasteiger partial charge in [-0.2, -0.15) is 0 Å². The van der Waals surface area contributed by atoms with E-state index in [1.807, 2.05) is 24.3 Å². The summed E-state index contributed by atoms with van der Waals surface area (Å²) in [6, 6.07) is 14.7. The van der Waals surface area contributed by atoms with E-state index in [1.54, 1.807) is 0 Å². The van der Waals surface area contributed by atoms with Crippen LogP contribution in [-0.4, -0.2) is 55.4 Å². The van der Waals surface area contributed by atoms with Gasteiger partial charge in [0.25, 0.3) is 0 Å². The van der Waals surface area contributed by atoms with Crippen molar-refractivity contribution in [3.8, 4) is 5.75 Å². The van der Waals surface area contributed by atoms with Gasteiger partial charge in [-0.1, -0.05) is 26.0 Å². The summed E-state index contributed by atoms with van der Waals surface area (Å²) < 4.78 is 18.8. The van der Waals surface area contributed by atoms with Gasteiger partial charge in [0, 0.05) is 38.4 Å². The van der Waals surface area contributed by atoms with E-state index in [1.165, 1.54) is 17.7 Å². The molecule has 1 atom stereocenters. The summed E-state index contributed by atoms with van der Waals surface area (Å²) >= 11 is 0. The second-order valence-electron chi connectivity index (χ2n) is 7.45. The maximum atomic E-state index is 13.0. The van der Waals surface area contributed by atoms with Crippen LogP contribution in [0.1, 0.15) is 25.3 Å². The van der Waals surface area contributed by atoms with Gasteiger partial charge >= 0.3 is 0 Å². The van der Waals surface area contributed by atoms with E-state index in [-0.39, 0.29) is 5.82 Å². The van der Waals surface area contributed by atoms with Crippen LogP contribution in [-0.2, 0) is 0 Å². The van der Waals surface area contributed by atoms with E-state index in [9.17, 15) is 9.50 Å². The minimum atomic E-state index is -0.521. The molecular weight excluding hydrogens is 343 g/mol. The molecule has 1 N–H and O–H groups in total. The number of hydrogen-bond acceptors (Lipinski definition) is 4. The molecule has 1 saturated heterocycles. The van der Waals surface area contributed by atoms with Gasteiger partial charge in [-0.25, -0.2) is 4.39 Å². The minimum absolute atomic E-state index is 0.209. The lowest BCUT2D eigenvalue weighted by Gasteiger charge is -2.36. The second-order valence-corrected chi connectivity index (χ2v) is 7.45. The lowest BCUT2D eigenvalue weighted by atomic mass is 10.0. The molecule has 1 fully saturated rings. The first-order valence-corrected chi connectivity index (χ1v) is 9.65. The highest BCUT2D eigenvalue weighted by Crippen LogP contribution is 2.19. The van der Waals surface area contributed by atoms with E-state index in [0.29, 0.717) is 19.1 Å². The number of benzene rings is 2. The van der Waals surface area contributed by atoms with Gasteiger partial charge in [-0.05, 0) is 47.9 Å². The first-order chi connectivity index (χ1) is 13.0. The molecule has 0 aromatic heterocycles. The van der Waals surface area contributed by atoms with Crippen LogP contribution in [0.5, 0.6) is 5.75 Å². The van der Waals surface area contributed by atoms with Gasteiger partial charge in [0.15, 0.2) is 0 Å². The van der Waals surface area contributed by atoms with Crippen molar-refractivity contribution >= 4 is 5.69 Å². The molecular formula is C22H29FN2O2. The molecule has 146 valence electrons. The van der Waals surface area contributed by atoms with Gasteiger partial charge in [-0.3, -0.25) is 4.90 Å². The van der Waals surface area contributed by atoms with Gasteiger partial charge in [0.2, 0.25) is 0 Å². The number of hydrogen-bond donors (Lipinski definition) is 1. The first kappa shape index (κ1) is 19.6. The van der Waals surface area contributed by atoms with Crippen LogP contribution < -0.4 is 9.64 Å². The average Bonchev–Trinajstić information content (AvgIpc) is 2.68. The highest BCUT2D eigenvalue weighted by Gasteiger charge is 2.19. The van der Waals surface area contributed by atoms with E-state index >= 15 is 0 Å². The quantitative estimate of drug-likeness (QED) is 0.807. The number of aliphatic hydroxyl groups is 1. The Morgan fingerprint density at radius 2 is 1.59 bits per heavy atom. The van der Waals surface area contributed by atoms with Crippen LogP contribution in [0.3, 0.4) is 0 Å². The molecule has 3 rings (SSSR count). The minimum Gasteiger partial charge on any atom is -0.491 e. The fourth-order valence-corrected chi connectivity index (χ4v) is 3.33. The lowest BCUT2D eigenvalue weighted by molar-refractivity contribution is 0.0663. The molecule has 1 aliphatic heterocycles. The van der Waals surface area contributed by atoms with Crippen LogP contribution in [0.25, 0.3) is 0 Å². The summed E-state index contributed by atoms with van der Waals surface area (Å²) in [7, 11) is 0. The third kappa shape index (κ3) is 5.68. The Hall–Kier alpha value is -2.11. The molecule has 0 unspecified atom stereocenters. The van der Waals surface area contributed by atoms with Crippen molar-refractivity contribution in [2.75, 3.05) is 44.2 Å². The third-order valence-electron chi connectivity index (χ3n) is 5.02. The standard InChI is InChI=1S/C22H29FN2O2/c1-17(2)18-3-9-22(10-4-18)27-16-21(26)15-24-11-13-25(14-12-24)20-7-5-19(23)6-8-20/h3-10,17,21,26H,11-16H2,1-2H3/t21-/m0/s1. The number of rotatable bonds is 7. The van der Waals surface area contributed by atoms with Crippen molar-refractivity contribution in [2.24, 2.45) is 0 Å². The normalized spacial score (nSPS) is 16.6. The number of aliphatic hydroxyl groups excluding tert-OH is 1. The van der Waals surface area contributed by atoms with Gasteiger partial charge in [-0.15, -0.1) is 0 Å². The Kier molecular flexibility index (Phi) is 6.69. The summed E-state index contributed by atoms with van der Waals surface area (Å²) in [5, 5.41) is 10.3. The van der Waals surface area contributed by atoms with Crippen molar-refractivity contribution in [3.63, 3.8) is 0 Å². The molecule has 2 aromatic rings. The molecule has 5 heteroatoms. The molecule has 4 nitrogen and oxygen atoms in total. The Morgan fingerprint density at radius 1 is 0.963 bits per heavy atom. The lowest BCUT2D eigenvalue weighted by Crippen LogP contribution is -2.49. The van der Waals surface area contributed by atoms with Crippen LogP contribution in [0.15, 0.2) is 48.5 Å². The van der Waals surface area contributed by atoms with E-state index in [2.05, 4.69) is 35.8 Å². The topological polar surface area (TPSA) is 35.9 Å². The first-order valence-electron chi connectivity index (χ1n) is 9.65. The van der Waals surface area contributed by atoms with Gasteiger partial charge in [0.1, 0.15) is 24.3 Å². The number of nitrogens with zero attached hydrogens (tertiary/aromatic N) is 2. The zero-order valence-corrected chi connectivity index (χ0v) is 16.1. The van der Waals surface area contributed by atoms with Crippen molar-refractivity contribution in [2.45, 2.75) is 25.9 Å². The number of halogens is 1. The predicted octanol–water partition coefficient (Wildman–Crippen LogP) is 3.51. The molecule has 0 radical (unpaired) electrons. The highest BCUT2D eigenvalue weighted by molar-refractivity contribution is 5.46. The van der Waals surface area contributed by atoms with Crippen molar-refractivity contribution in [3.05, 3.63) is 59.9 Å². The Morgan fingerprint density at radius 3 is 2.19 bits per heavy atom. The highest BCUT2D eigenvalue weighted by atomic mass is 19.1. The van der Waals surface area contributed by atoms with Crippen LogP contribution in [0, 0.1) is 5.82 Å². The monoisotopic (exact) mass is 372 g/mol. The number of piperazine rings is 1. The fourth-order valence-electron chi connectivity index (χ4n) is 3.33. The molecule has 1 aliphatic rings. The molecule has 1 heterocycles. The van der Waals surface area contributed by atoms with Crippen molar-refractivity contribution in [1.29, 1.82) is 0 Å². The Bertz CT molecular complexity index is 695. The summed E-state index contributed by atoms with van der Waals surface area (Å²) in [6.45, 7) is 8.70. The van der Waals surface area contributed by atoms with Gasteiger partial charge in [0.05, 0.1) is 0 Å². The summed E-state index contributed by atoms with van der Waals surface area (Å²) in [6.07, 6.45) is -0.521. The predicted molar refractivity (Wildman–Crippen MR) is 107 cm³/mol. The number of β-amino-alcohol motifs (C(OH)–C–C–N with tert-alkyl or cyclic N) is 1. The Labute approximate surface area is 161 Å². The molecule has 0 saturated carbocycles. The number of ether oxygens (including phenoxy) is 1. The second kappa shape index (κ2) is 9.20. The summed E-state index contributed by atoms with van der Waals surface area (Å²) in [4.78, 5) is 4.49. The maximum Gasteiger partial charge on any atom is 0.123 e. The fraction of sp³-hybridized carbons (Fsp3) is 0.455. The average molecular weight is 372 g/mol. The van der Waals surface area contributed by atoms with Crippen molar-refractivity contribution < 1.29 is 14.2 Å². The van der Waals surface area contributed by atoms with Crippen LogP contribution in [0.2, 0.25) is 0 Å². The largest absolute Gasteiger partial charge is 0.491 e. The number of anilines is 1. The SMILES string of the molecule is CC(C)c1ccc(OC[C@@H](O)CN2CCN(c3ccc(F)cc3)CC2)cc1. The smallest absolute Gasteiger partial charge is 0.123 e. The third-order valence-corrected chi connectivity index (χ3v) is 5.02. The Balaban J connectivity index is 1.40. The molecule has 0 aliphatic carbocycles. The zero-order chi connectivity index (χ0) is 19.2. The zero-order valence-electron chi connectivity index (χ0n) is 16.1. The van der Waals surface area contributed by atoms with E-state index in [4.69, 9.17) is 4.74 Å². The van der Waals surface area contributed by atoms with Crippen molar-refractivity contribution in [1.82, 2.24) is 4.90 Å². The van der Waals surface area contributed by atoms with E-state index < -0.39 is 6.10 Å². The van der Waals surface area contributed by atoms with Gasteiger partial charge < -0.3 is 14.7 Å². The maximum absolute atomic E-state index is 13.0. The molecule has 0 spiro atoms. The summed E-state index contributed by atoms with van der Waals surface area (Å²) in [5.74, 6) is 1.08. The van der Waals surface area contributed by atoms with Crippen LogP contribution >= 0.6 is 0 Å². The molecule has 27 heavy (non-hydrogen) atoms. The van der Waals surface area contributed by atoms with Crippen LogP contribution in [0.4, 0.5) is 10.1 Å². The molecule has 2 aromatic carbocycles.